The highest BCUT2D eigenvalue weighted by Crippen LogP contribution is 2.29. The maximum Gasteiger partial charge on any atom is 0.272 e. The minimum Gasteiger partial charge on any atom is -0.493 e. The molecule has 7 nitrogen and oxygen atoms in total. The van der Waals surface area contributed by atoms with E-state index in [0.29, 0.717) is 25.3 Å². The van der Waals surface area contributed by atoms with Gasteiger partial charge in [0.2, 0.25) is 0 Å². The molecule has 1 amide bonds. The van der Waals surface area contributed by atoms with Crippen molar-refractivity contribution < 1.29 is 14.3 Å². The Bertz CT molecular complexity index is 754. The van der Waals surface area contributed by atoms with E-state index in [9.17, 15) is 4.79 Å². The van der Waals surface area contributed by atoms with Crippen LogP contribution in [0.1, 0.15) is 42.2 Å². The second kappa shape index (κ2) is 10.4. The van der Waals surface area contributed by atoms with E-state index in [4.69, 9.17) is 9.47 Å². The molecule has 3 rings (SSSR count). The fraction of sp³-hybridized carbons (Fsp3) is 0.550. The van der Waals surface area contributed by atoms with Gasteiger partial charge in [0.15, 0.2) is 17.2 Å². The zero-order chi connectivity index (χ0) is 19.8. The van der Waals surface area contributed by atoms with Crippen molar-refractivity contribution in [1.29, 1.82) is 0 Å². The number of methoxy groups -OCH3 is 1. The van der Waals surface area contributed by atoms with Crippen molar-refractivity contribution >= 4 is 17.6 Å². The van der Waals surface area contributed by atoms with Gasteiger partial charge in [0.05, 0.1) is 31.6 Å². The van der Waals surface area contributed by atoms with Crippen molar-refractivity contribution in [2.75, 3.05) is 33.4 Å². The number of rotatable bonds is 9. The second-order valence-electron chi connectivity index (χ2n) is 7.22. The lowest BCUT2D eigenvalue weighted by atomic mass is 10.00. The van der Waals surface area contributed by atoms with Gasteiger partial charge in [-0.05, 0) is 49.4 Å². The number of aromatic nitrogens is 2. The predicted molar refractivity (Wildman–Crippen MR) is 109 cm³/mol. The number of nitrogens with zero attached hydrogens (tertiary/aromatic N) is 3. The summed E-state index contributed by atoms with van der Waals surface area (Å²) in [6.07, 6.45) is 4.76. The van der Waals surface area contributed by atoms with Crippen molar-refractivity contribution in [1.82, 2.24) is 19.0 Å². The molecular formula is C20H28N4O3S. The summed E-state index contributed by atoms with van der Waals surface area (Å²) in [5, 5.41) is 2.81. The molecule has 2 heterocycles. The van der Waals surface area contributed by atoms with Crippen molar-refractivity contribution in [2.24, 2.45) is 5.92 Å². The first-order valence-electron chi connectivity index (χ1n) is 9.73. The molecule has 1 aliphatic rings. The maximum absolute atomic E-state index is 11.8. The van der Waals surface area contributed by atoms with E-state index in [-0.39, 0.29) is 5.91 Å². The van der Waals surface area contributed by atoms with Crippen LogP contribution in [0.2, 0.25) is 0 Å². The Morgan fingerprint density at radius 3 is 3.04 bits per heavy atom. The van der Waals surface area contributed by atoms with Gasteiger partial charge in [-0.1, -0.05) is 13.0 Å². The Kier molecular flexibility index (Phi) is 7.62. The topological polar surface area (TPSA) is 76.6 Å². The van der Waals surface area contributed by atoms with Crippen molar-refractivity contribution in [3.8, 4) is 11.5 Å². The molecule has 0 unspecified atom stereocenters. The van der Waals surface area contributed by atoms with Crippen LogP contribution in [-0.2, 0) is 6.54 Å². The van der Waals surface area contributed by atoms with Crippen LogP contribution in [0.15, 0.2) is 24.4 Å². The molecular weight excluding hydrogens is 376 g/mol. The zero-order valence-electron chi connectivity index (χ0n) is 16.5. The highest BCUT2D eigenvalue weighted by atomic mass is 32.1. The van der Waals surface area contributed by atoms with Gasteiger partial charge in [0.25, 0.3) is 5.91 Å². The fourth-order valence-electron chi connectivity index (χ4n) is 3.43. The first-order valence-corrected chi connectivity index (χ1v) is 10.5. The Hall–Kier alpha value is -2.19. The standard InChI is InChI=1S/C20H28N4O3S/c1-15-5-3-9-24(13-15)14-16-6-7-18(19(11-16)26-2)27-10-4-8-21-20(25)17-12-22-28-23-17/h6-7,11-12,15H,3-5,8-10,13-14H2,1-2H3,(H,21,25)/t15-/m1/s1. The number of hydrogen-bond acceptors (Lipinski definition) is 7. The largest absolute Gasteiger partial charge is 0.493 e. The molecule has 0 spiro atoms. The zero-order valence-corrected chi connectivity index (χ0v) is 17.3. The number of piperidine rings is 1. The molecule has 0 bridgehead atoms. The lowest BCUT2D eigenvalue weighted by Gasteiger charge is -2.30. The molecule has 0 radical (unpaired) electrons. The molecule has 28 heavy (non-hydrogen) atoms. The lowest BCUT2D eigenvalue weighted by Crippen LogP contribution is -2.33. The summed E-state index contributed by atoms with van der Waals surface area (Å²) in [5.74, 6) is 2.04. The van der Waals surface area contributed by atoms with E-state index in [2.05, 4.69) is 38.0 Å². The summed E-state index contributed by atoms with van der Waals surface area (Å²) in [7, 11) is 1.66. The molecule has 0 saturated carbocycles. The van der Waals surface area contributed by atoms with Crippen LogP contribution in [0.5, 0.6) is 11.5 Å². The van der Waals surface area contributed by atoms with Crippen molar-refractivity contribution in [3.63, 3.8) is 0 Å². The number of nitrogens with one attached hydrogen (secondary N) is 1. The van der Waals surface area contributed by atoms with Gasteiger partial charge in [0.1, 0.15) is 0 Å². The van der Waals surface area contributed by atoms with Crippen LogP contribution in [-0.4, -0.2) is 52.9 Å². The average molecular weight is 405 g/mol. The van der Waals surface area contributed by atoms with Crippen LogP contribution in [0.3, 0.4) is 0 Å². The first kappa shape index (κ1) is 20.5. The maximum atomic E-state index is 11.8. The minimum absolute atomic E-state index is 0.206. The number of ether oxygens (including phenoxy) is 2. The van der Waals surface area contributed by atoms with E-state index >= 15 is 0 Å². The summed E-state index contributed by atoms with van der Waals surface area (Å²) < 4.78 is 19.1. The monoisotopic (exact) mass is 404 g/mol. The van der Waals surface area contributed by atoms with Crippen molar-refractivity contribution in [2.45, 2.75) is 32.7 Å². The van der Waals surface area contributed by atoms with Crippen LogP contribution in [0.25, 0.3) is 0 Å². The van der Waals surface area contributed by atoms with Gasteiger partial charge in [-0.15, -0.1) is 0 Å². The van der Waals surface area contributed by atoms with Crippen LogP contribution < -0.4 is 14.8 Å². The Balaban J connectivity index is 1.44. The summed E-state index contributed by atoms with van der Waals surface area (Å²) >= 11 is 1.02. The number of carbonyl (C=O) groups is 1. The molecule has 2 aromatic rings. The molecule has 8 heteroatoms. The quantitative estimate of drug-likeness (QED) is 0.648. The van der Waals surface area contributed by atoms with Gasteiger partial charge in [0, 0.05) is 19.6 Å². The van der Waals surface area contributed by atoms with Crippen LogP contribution in [0, 0.1) is 5.92 Å². The van der Waals surface area contributed by atoms with E-state index in [1.165, 1.54) is 24.6 Å². The molecule has 1 atom stereocenters. The molecule has 1 N–H and O–H groups in total. The smallest absolute Gasteiger partial charge is 0.272 e. The molecule has 1 aliphatic heterocycles. The van der Waals surface area contributed by atoms with Gasteiger partial charge < -0.3 is 14.8 Å². The Labute approximate surface area is 170 Å². The molecule has 152 valence electrons. The third kappa shape index (κ3) is 5.90. The molecule has 1 aromatic heterocycles. The summed E-state index contributed by atoms with van der Waals surface area (Å²) in [4.78, 5) is 14.3. The van der Waals surface area contributed by atoms with Crippen molar-refractivity contribution in [3.05, 3.63) is 35.7 Å². The minimum atomic E-state index is -0.206. The van der Waals surface area contributed by atoms with E-state index < -0.39 is 0 Å². The second-order valence-corrected chi connectivity index (χ2v) is 7.78. The summed E-state index contributed by atoms with van der Waals surface area (Å²) in [6, 6.07) is 6.14. The third-order valence-electron chi connectivity index (χ3n) is 4.83. The molecule has 1 fully saturated rings. The molecule has 1 saturated heterocycles. The van der Waals surface area contributed by atoms with Gasteiger partial charge in [-0.3, -0.25) is 9.69 Å². The normalized spacial score (nSPS) is 17.3. The number of carbonyl (C=O) groups excluding carboxylic acids is 1. The number of amides is 1. The number of hydrogen-bond donors (Lipinski definition) is 1. The first-order chi connectivity index (χ1) is 13.7. The highest BCUT2D eigenvalue weighted by Gasteiger charge is 2.17. The SMILES string of the molecule is COc1cc(CN2CCC[C@@H](C)C2)ccc1OCCCNC(=O)c1cnsn1. The van der Waals surface area contributed by atoms with E-state index in [1.54, 1.807) is 7.11 Å². The van der Waals surface area contributed by atoms with E-state index in [0.717, 1.165) is 48.8 Å². The van der Waals surface area contributed by atoms with Crippen LogP contribution >= 0.6 is 11.7 Å². The highest BCUT2D eigenvalue weighted by molar-refractivity contribution is 6.99. The lowest BCUT2D eigenvalue weighted by molar-refractivity contribution is 0.0947. The van der Waals surface area contributed by atoms with Gasteiger partial charge in [-0.2, -0.15) is 8.75 Å². The molecule has 0 aliphatic carbocycles. The summed E-state index contributed by atoms with van der Waals surface area (Å²) in [6.45, 7) is 6.59. The Morgan fingerprint density at radius 2 is 2.29 bits per heavy atom. The average Bonchev–Trinajstić information content (AvgIpc) is 3.23. The number of benzene rings is 1. The summed E-state index contributed by atoms with van der Waals surface area (Å²) in [5.41, 5.74) is 1.59. The van der Waals surface area contributed by atoms with Gasteiger partial charge in [-0.25, -0.2) is 0 Å². The Morgan fingerprint density at radius 1 is 1.39 bits per heavy atom. The van der Waals surface area contributed by atoms with E-state index in [1.807, 2.05) is 6.07 Å². The van der Waals surface area contributed by atoms with Gasteiger partial charge >= 0.3 is 0 Å². The number of likely N-dealkylation sites (tertiary alicyclic amines) is 1. The van der Waals surface area contributed by atoms with Crippen LogP contribution in [0.4, 0.5) is 0 Å². The third-order valence-corrected chi connectivity index (χ3v) is 5.31. The fourth-order valence-corrected chi connectivity index (χ4v) is 3.84. The molecule has 1 aromatic carbocycles. The predicted octanol–water partition coefficient (Wildman–Crippen LogP) is 2.98.